The van der Waals surface area contributed by atoms with Crippen LogP contribution in [0.15, 0.2) is 42.5 Å². The van der Waals surface area contributed by atoms with Gasteiger partial charge in [0.1, 0.15) is 0 Å². The maximum atomic E-state index is 9.05. The molecule has 0 atom stereocenters. The Hall–Kier alpha value is -2.47. The van der Waals surface area contributed by atoms with Crippen molar-refractivity contribution < 1.29 is 0 Å². The second-order valence-electron chi connectivity index (χ2n) is 3.95. The molecule has 2 aromatic rings. The Morgan fingerprint density at radius 2 is 1.76 bits per heavy atom. The quantitative estimate of drug-likeness (QED) is 0.767. The number of nitriles is 1. The van der Waals surface area contributed by atoms with E-state index in [1.54, 1.807) is 6.07 Å². The highest BCUT2D eigenvalue weighted by atomic mass is 14.5. The van der Waals surface area contributed by atoms with E-state index in [1.807, 2.05) is 36.4 Å². The van der Waals surface area contributed by atoms with Gasteiger partial charge >= 0.3 is 0 Å². The Bertz CT molecular complexity index is 582. The van der Waals surface area contributed by atoms with Crippen LogP contribution in [0.3, 0.4) is 0 Å². The summed E-state index contributed by atoms with van der Waals surface area (Å²) in [6.07, 6.45) is 0.689. The summed E-state index contributed by atoms with van der Waals surface area (Å²) >= 11 is 0. The standard InChI is InChI=1S/C14H13N3/c15-9-12-8-14(17)5-4-11(12)6-10-2-1-3-13(16)7-10/h1-5,7-8H,6,16-17H2. The third kappa shape index (κ3) is 2.56. The molecular formula is C14H13N3. The number of hydrogen-bond donors (Lipinski definition) is 2. The van der Waals surface area contributed by atoms with Gasteiger partial charge in [0.05, 0.1) is 11.6 Å². The molecule has 0 saturated heterocycles. The average molecular weight is 223 g/mol. The van der Waals surface area contributed by atoms with Gasteiger partial charge in [0.25, 0.3) is 0 Å². The maximum Gasteiger partial charge on any atom is 0.0995 e. The molecule has 0 amide bonds. The van der Waals surface area contributed by atoms with E-state index in [2.05, 4.69) is 6.07 Å². The second kappa shape index (κ2) is 4.58. The van der Waals surface area contributed by atoms with Crippen molar-refractivity contribution in [1.82, 2.24) is 0 Å². The molecule has 0 bridgehead atoms. The number of rotatable bonds is 2. The summed E-state index contributed by atoms with van der Waals surface area (Å²) in [5.41, 5.74) is 15.4. The van der Waals surface area contributed by atoms with Gasteiger partial charge in [0, 0.05) is 11.4 Å². The van der Waals surface area contributed by atoms with Crippen molar-refractivity contribution >= 4 is 11.4 Å². The Balaban J connectivity index is 2.34. The van der Waals surface area contributed by atoms with Crippen molar-refractivity contribution in [3.8, 4) is 6.07 Å². The van der Waals surface area contributed by atoms with E-state index >= 15 is 0 Å². The van der Waals surface area contributed by atoms with Gasteiger partial charge in [-0.25, -0.2) is 0 Å². The van der Waals surface area contributed by atoms with Crippen LogP contribution in [0.5, 0.6) is 0 Å². The number of hydrogen-bond acceptors (Lipinski definition) is 3. The summed E-state index contributed by atoms with van der Waals surface area (Å²) in [5, 5.41) is 9.05. The van der Waals surface area contributed by atoms with Gasteiger partial charge in [-0.1, -0.05) is 18.2 Å². The van der Waals surface area contributed by atoms with Crippen molar-refractivity contribution in [2.75, 3.05) is 11.5 Å². The van der Waals surface area contributed by atoms with Crippen molar-refractivity contribution in [2.45, 2.75) is 6.42 Å². The summed E-state index contributed by atoms with van der Waals surface area (Å²) in [6.45, 7) is 0. The molecule has 84 valence electrons. The zero-order valence-corrected chi connectivity index (χ0v) is 9.35. The molecule has 4 N–H and O–H groups in total. The molecule has 2 aromatic carbocycles. The number of anilines is 2. The SMILES string of the molecule is N#Cc1cc(N)ccc1Cc1cccc(N)c1. The van der Waals surface area contributed by atoms with Crippen LogP contribution in [-0.2, 0) is 6.42 Å². The monoisotopic (exact) mass is 223 g/mol. The van der Waals surface area contributed by atoms with Crippen LogP contribution >= 0.6 is 0 Å². The van der Waals surface area contributed by atoms with Gasteiger partial charge in [0.2, 0.25) is 0 Å². The summed E-state index contributed by atoms with van der Waals surface area (Å²) in [7, 11) is 0. The first-order chi connectivity index (χ1) is 8.19. The number of nitrogen functional groups attached to an aromatic ring is 2. The lowest BCUT2D eigenvalue weighted by molar-refractivity contribution is 1.18. The largest absolute Gasteiger partial charge is 0.399 e. The highest BCUT2D eigenvalue weighted by Gasteiger charge is 2.04. The predicted octanol–water partition coefficient (Wildman–Crippen LogP) is 2.31. The summed E-state index contributed by atoms with van der Waals surface area (Å²) in [4.78, 5) is 0. The molecule has 0 spiro atoms. The first-order valence-electron chi connectivity index (χ1n) is 5.32. The fourth-order valence-corrected chi connectivity index (χ4v) is 1.78. The third-order valence-corrected chi connectivity index (χ3v) is 2.60. The molecule has 0 aliphatic rings. The molecule has 2 rings (SSSR count). The van der Waals surface area contributed by atoms with Crippen LogP contribution in [0.2, 0.25) is 0 Å². The van der Waals surface area contributed by atoms with Gasteiger partial charge in [0.15, 0.2) is 0 Å². The maximum absolute atomic E-state index is 9.05. The minimum Gasteiger partial charge on any atom is -0.399 e. The molecule has 3 nitrogen and oxygen atoms in total. The Labute approximate surface area is 100 Å². The van der Waals surface area contributed by atoms with E-state index in [9.17, 15) is 0 Å². The summed E-state index contributed by atoms with van der Waals surface area (Å²) in [6, 6.07) is 15.2. The molecule has 0 aromatic heterocycles. The van der Waals surface area contributed by atoms with Crippen LogP contribution in [0.1, 0.15) is 16.7 Å². The predicted molar refractivity (Wildman–Crippen MR) is 69.2 cm³/mol. The van der Waals surface area contributed by atoms with E-state index in [4.69, 9.17) is 16.7 Å². The van der Waals surface area contributed by atoms with Gasteiger partial charge < -0.3 is 11.5 Å². The van der Waals surface area contributed by atoms with Crippen molar-refractivity contribution in [3.05, 3.63) is 59.2 Å². The molecule has 3 heteroatoms. The normalized spacial score (nSPS) is 9.82. The number of nitrogens with zero attached hydrogens (tertiary/aromatic N) is 1. The van der Waals surface area contributed by atoms with Crippen LogP contribution in [-0.4, -0.2) is 0 Å². The van der Waals surface area contributed by atoms with Crippen LogP contribution < -0.4 is 11.5 Å². The second-order valence-corrected chi connectivity index (χ2v) is 3.95. The third-order valence-electron chi connectivity index (χ3n) is 2.60. The fraction of sp³-hybridized carbons (Fsp3) is 0.0714. The topological polar surface area (TPSA) is 75.8 Å². The van der Waals surface area contributed by atoms with Gasteiger partial charge in [-0.3, -0.25) is 0 Å². The highest BCUT2D eigenvalue weighted by Crippen LogP contribution is 2.18. The lowest BCUT2D eigenvalue weighted by atomic mass is 9.99. The van der Waals surface area contributed by atoms with Crippen molar-refractivity contribution in [1.29, 1.82) is 5.26 Å². The molecule has 0 unspecified atom stereocenters. The molecule has 17 heavy (non-hydrogen) atoms. The Morgan fingerprint density at radius 3 is 2.47 bits per heavy atom. The van der Waals surface area contributed by atoms with Crippen molar-refractivity contribution in [3.63, 3.8) is 0 Å². The average Bonchev–Trinajstić information content (AvgIpc) is 2.31. The van der Waals surface area contributed by atoms with E-state index in [-0.39, 0.29) is 0 Å². The molecule has 0 saturated carbocycles. The Morgan fingerprint density at radius 1 is 1.00 bits per heavy atom. The number of benzene rings is 2. The molecular weight excluding hydrogens is 210 g/mol. The van der Waals surface area contributed by atoms with Crippen LogP contribution in [0.4, 0.5) is 11.4 Å². The molecule has 0 aliphatic heterocycles. The smallest absolute Gasteiger partial charge is 0.0995 e. The van der Waals surface area contributed by atoms with Gasteiger partial charge in [-0.05, 0) is 41.8 Å². The summed E-state index contributed by atoms with van der Waals surface area (Å²) < 4.78 is 0. The van der Waals surface area contributed by atoms with E-state index < -0.39 is 0 Å². The van der Waals surface area contributed by atoms with E-state index in [1.165, 1.54) is 0 Å². The highest BCUT2D eigenvalue weighted by molar-refractivity contribution is 5.51. The fourth-order valence-electron chi connectivity index (χ4n) is 1.78. The Kier molecular flexibility index (Phi) is 2.97. The molecule has 0 radical (unpaired) electrons. The van der Waals surface area contributed by atoms with Crippen molar-refractivity contribution in [2.24, 2.45) is 0 Å². The van der Waals surface area contributed by atoms with Gasteiger partial charge in [-0.2, -0.15) is 5.26 Å². The van der Waals surface area contributed by atoms with Crippen LogP contribution in [0.25, 0.3) is 0 Å². The summed E-state index contributed by atoms with van der Waals surface area (Å²) in [5.74, 6) is 0. The molecule has 0 heterocycles. The minimum atomic E-state index is 0.609. The lowest BCUT2D eigenvalue weighted by Gasteiger charge is -2.06. The van der Waals surface area contributed by atoms with Crippen LogP contribution in [0, 0.1) is 11.3 Å². The minimum absolute atomic E-state index is 0.609. The first kappa shape index (κ1) is 11.0. The van der Waals surface area contributed by atoms with Gasteiger partial charge in [-0.15, -0.1) is 0 Å². The molecule has 0 aliphatic carbocycles. The zero-order chi connectivity index (χ0) is 12.3. The lowest BCUT2D eigenvalue weighted by Crippen LogP contribution is -1.95. The number of nitrogens with two attached hydrogens (primary N) is 2. The zero-order valence-electron chi connectivity index (χ0n) is 9.35. The molecule has 0 fully saturated rings. The first-order valence-corrected chi connectivity index (χ1v) is 5.32. The van der Waals surface area contributed by atoms with E-state index in [0.29, 0.717) is 17.7 Å². The van der Waals surface area contributed by atoms with E-state index in [0.717, 1.165) is 16.8 Å².